The number of carbonyl (C=O) groups is 1. The molecule has 0 aliphatic carbocycles. The summed E-state index contributed by atoms with van der Waals surface area (Å²) >= 11 is 0. The third kappa shape index (κ3) is 3.55. The topological polar surface area (TPSA) is 43.8 Å². The fraction of sp³-hybridized carbons (Fsp3) is 0.500. The van der Waals surface area contributed by atoms with Gasteiger partial charge in [0.25, 0.3) is 0 Å². The molecule has 0 unspecified atom stereocenters. The molecule has 0 radical (unpaired) electrons. The lowest BCUT2D eigenvalue weighted by Crippen LogP contribution is -2.45. The maximum Gasteiger partial charge on any atom is 0.335 e. The van der Waals surface area contributed by atoms with E-state index < -0.39 is 5.97 Å². The molecule has 1 saturated heterocycles. The number of hydrogen-bond donors (Lipinski definition) is 1. The Morgan fingerprint density at radius 2 is 1.78 bits per heavy atom. The molecule has 0 amide bonds. The molecule has 1 aromatic rings. The average molecular weight is 248 g/mol. The Balaban J connectivity index is 1.81. The maximum atomic E-state index is 10.7. The van der Waals surface area contributed by atoms with Crippen LogP contribution in [0.3, 0.4) is 0 Å². The molecule has 0 saturated carbocycles. The van der Waals surface area contributed by atoms with Gasteiger partial charge in [-0.05, 0) is 31.2 Å². The Bertz CT molecular complexity index is 395. The highest BCUT2D eigenvalue weighted by Gasteiger charge is 2.13. The molecular formula is C14H20N2O2. The van der Waals surface area contributed by atoms with Gasteiger partial charge >= 0.3 is 5.97 Å². The predicted molar refractivity (Wildman–Crippen MR) is 71.0 cm³/mol. The van der Waals surface area contributed by atoms with Gasteiger partial charge in [-0.25, -0.2) is 4.79 Å². The molecule has 1 heterocycles. The minimum Gasteiger partial charge on any atom is -0.478 e. The second kappa shape index (κ2) is 5.98. The van der Waals surface area contributed by atoms with Crippen molar-refractivity contribution in [3.63, 3.8) is 0 Å². The number of hydrogen-bond acceptors (Lipinski definition) is 3. The van der Waals surface area contributed by atoms with Crippen LogP contribution in [0, 0.1) is 0 Å². The second-order valence-electron chi connectivity index (χ2n) is 4.90. The number of benzene rings is 1. The third-order valence-electron chi connectivity index (χ3n) is 3.51. The lowest BCUT2D eigenvalue weighted by atomic mass is 10.1. The lowest BCUT2D eigenvalue weighted by Gasteiger charge is -2.32. The molecule has 18 heavy (non-hydrogen) atoms. The first kappa shape index (κ1) is 13.1. The summed E-state index contributed by atoms with van der Waals surface area (Å²) in [6, 6.07) is 7.20. The molecule has 98 valence electrons. The van der Waals surface area contributed by atoms with Crippen molar-refractivity contribution in [2.75, 3.05) is 39.8 Å². The SMILES string of the molecule is CN1CCN(CCc2ccc(C(=O)O)cc2)CC1. The predicted octanol–water partition coefficient (Wildman–Crippen LogP) is 1.17. The van der Waals surface area contributed by atoms with Gasteiger partial charge in [-0.1, -0.05) is 12.1 Å². The Labute approximate surface area is 108 Å². The molecule has 4 nitrogen and oxygen atoms in total. The van der Waals surface area contributed by atoms with Crippen molar-refractivity contribution in [3.05, 3.63) is 35.4 Å². The number of rotatable bonds is 4. The van der Waals surface area contributed by atoms with E-state index in [-0.39, 0.29) is 0 Å². The highest BCUT2D eigenvalue weighted by atomic mass is 16.4. The van der Waals surface area contributed by atoms with Gasteiger partial charge in [0.2, 0.25) is 0 Å². The summed E-state index contributed by atoms with van der Waals surface area (Å²) < 4.78 is 0. The van der Waals surface area contributed by atoms with Crippen LogP contribution in [-0.2, 0) is 6.42 Å². The highest BCUT2D eigenvalue weighted by Crippen LogP contribution is 2.07. The Morgan fingerprint density at radius 1 is 1.17 bits per heavy atom. The van der Waals surface area contributed by atoms with Crippen molar-refractivity contribution in [1.82, 2.24) is 9.80 Å². The maximum absolute atomic E-state index is 10.7. The first-order chi connectivity index (χ1) is 8.65. The molecule has 0 spiro atoms. The molecule has 1 aromatic carbocycles. The quantitative estimate of drug-likeness (QED) is 0.869. The second-order valence-corrected chi connectivity index (χ2v) is 4.90. The van der Waals surface area contributed by atoms with Crippen LogP contribution in [-0.4, -0.2) is 60.6 Å². The first-order valence-corrected chi connectivity index (χ1v) is 6.38. The van der Waals surface area contributed by atoms with E-state index in [1.165, 1.54) is 5.56 Å². The normalized spacial score (nSPS) is 17.8. The van der Waals surface area contributed by atoms with Gasteiger partial charge in [0.05, 0.1) is 5.56 Å². The monoisotopic (exact) mass is 248 g/mol. The Kier molecular flexibility index (Phi) is 4.33. The van der Waals surface area contributed by atoms with E-state index in [0.29, 0.717) is 5.56 Å². The summed E-state index contributed by atoms with van der Waals surface area (Å²) in [7, 11) is 2.15. The van der Waals surface area contributed by atoms with Crippen LogP contribution in [0.1, 0.15) is 15.9 Å². The number of aromatic carboxylic acids is 1. The number of carboxylic acids is 1. The Morgan fingerprint density at radius 3 is 2.33 bits per heavy atom. The van der Waals surface area contributed by atoms with Crippen molar-refractivity contribution in [3.8, 4) is 0 Å². The lowest BCUT2D eigenvalue weighted by molar-refractivity contribution is 0.0697. The van der Waals surface area contributed by atoms with Gasteiger partial charge in [-0.15, -0.1) is 0 Å². The van der Waals surface area contributed by atoms with Crippen LogP contribution in [0.5, 0.6) is 0 Å². The minimum atomic E-state index is -0.861. The van der Waals surface area contributed by atoms with E-state index in [4.69, 9.17) is 5.11 Å². The van der Waals surface area contributed by atoms with E-state index in [9.17, 15) is 4.79 Å². The smallest absolute Gasteiger partial charge is 0.335 e. The van der Waals surface area contributed by atoms with Gasteiger partial charge in [-0.3, -0.25) is 0 Å². The molecule has 2 rings (SSSR count). The number of nitrogens with zero attached hydrogens (tertiary/aromatic N) is 2. The standard InChI is InChI=1S/C14H20N2O2/c1-15-8-10-16(11-9-15)7-6-12-2-4-13(5-3-12)14(17)18/h2-5H,6-11H2,1H3,(H,17,18). The van der Waals surface area contributed by atoms with Gasteiger partial charge < -0.3 is 14.9 Å². The van der Waals surface area contributed by atoms with E-state index in [0.717, 1.165) is 39.1 Å². The summed E-state index contributed by atoms with van der Waals surface area (Å²) in [5.74, 6) is -0.861. The van der Waals surface area contributed by atoms with Crippen LogP contribution in [0.15, 0.2) is 24.3 Å². The average Bonchev–Trinajstić information content (AvgIpc) is 2.38. The summed E-state index contributed by atoms with van der Waals surface area (Å²) in [6.45, 7) is 5.59. The zero-order valence-corrected chi connectivity index (χ0v) is 10.8. The molecule has 1 aliphatic rings. The van der Waals surface area contributed by atoms with Crippen molar-refractivity contribution in [2.24, 2.45) is 0 Å². The number of piperazine rings is 1. The van der Waals surface area contributed by atoms with Gasteiger partial charge in [0, 0.05) is 32.7 Å². The molecular weight excluding hydrogens is 228 g/mol. The fourth-order valence-corrected chi connectivity index (χ4v) is 2.17. The minimum absolute atomic E-state index is 0.360. The largest absolute Gasteiger partial charge is 0.478 e. The number of carboxylic acid groups (broad SMARTS) is 1. The van der Waals surface area contributed by atoms with E-state index in [1.54, 1.807) is 12.1 Å². The van der Waals surface area contributed by atoms with Crippen LogP contribution < -0.4 is 0 Å². The molecule has 1 fully saturated rings. The molecule has 1 N–H and O–H groups in total. The summed E-state index contributed by atoms with van der Waals surface area (Å²) in [5, 5.41) is 8.82. The highest BCUT2D eigenvalue weighted by molar-refractivity contribution is 5.87. The van der Waals surface area contributed by atoms with E-state index in [2.05, 4.69) is 16.8 Å². The van der Waals surface area contributed by atoms with Crippen molar-refractivity contribution in [1.29, 1.82) is 0 Å². The van der Waals surface area contributed by atoms with Crippen molar-refractivity contribution in [2.45, 2.75) is 6.42 Å². The third-order valence-corrected chi connectivity index (χ3v) is 3.51. The van der Waals surface area contributed by atoms with Crippen LogP contribution >= 0.6 is 0 Å². The van der Waals surface area contributed by atoms with Crippen LogP contribution in [0.4, 0.5) is 0 Å². The van der Waals surface area contributed by atoms with Gasteiger partial charge in [0.1, 0.15) is 0 Å². The Hall–Kier alpha value is -1.39. The first-order valence-electron chi connectivity index (χ1n) is 6.38. The van der Waals surface area contributed by atoms with Crippen LogP contribution in [0.25, 0.3) is 0 Å². The zero-order valence-electron chi connectivity index (χ0n) is 10.8. The molecule has 0 atom stereocenters. The molecule has 0 bridgehead atoms. The van der Waals surface area contributed by atoms with E-state index >= 15 is 0 Å². The van der Waals surface area contributed by atoms with Crippen LogP contribution in [0.2, 0.25) is 0 Å². The van der Waals surface area contributed by atoms with Crippen molar-refractivity contribution < 1.29 is 9.90 Å². The number of likely N-dealkylation sites (N-methyl/N-ethyl adjacent to an activating group) is 1. The molecule has 1 aliphatic heterocycles. The fourth-order valence-electron chi connectivity index (χ4n) is 2.17. The summed E-state index contributed by atoms with van der Waals surface area (Å²) in [5.41, 5.74) is 1.57. The van der Waals surface area contributed by atoms with Gasteiger partial charge in [-0.2, -0.15) is 0 Å². The molecule has 0 aromatic heterocycles. The van der Waals surface area contributed by atoms with E-state index in [1.807, 2.05) is 12.1 Å². The zero-order chi connectivity index (χ0) is 13.0. The summed E-state index contributed by atoms with van der Waals surface area (Å²) in [4.78, 5) is 15.5. The van der Waals surface area contributed by atoms with Crippen molar-refractivity contribution >= 4 is 5.97 Å². The summed E-state index contributed by atoms with van der Waals surface area (Å²) in [6.07, 6.45) is 0.990. The molecule has 4 heteroatoms. The van der Waals surface area contributed by atoms with Gasteiger partial charge in [0.15, 0.2) is 0 Å².